The van der Waals surface area contributed by atoms with E-state index in [9.17, 15) is 14.4 Å². The van der Waals surface area contributed by atoms with Crippen molar-refractivity contribution in [2.45, 2.75) is 52.6 Å². The quantitative estimate of drug-likeness (QED) is 0.396. The van der Waals surface area contributed by atoms with E-state index in [2.05, 4.69) is 29.8 Å². The summed E-state index contributed by atoms with van der Waals surface area (Å²) in [5.74, 6) is -0.289. The molecule has 3 aromatic rings. The normalized spacial score (nSPS) is 18.3. The Morgan fingerprint density at radius 2 is 1.82 bits per heavy atom. The number of carbonyl (C=O) groups is 3. The van der Waals surface area contributed by atoms with Crippen molar-refractivity contribution >= 4 is 29.1 Å². The summed E-state index contributed by atoms with van der Waals surface area (Å²) in [5.41, 5.74) is 3.02. The second-order valence-electron chi connectivity index (χ2n) is 9.10. The van der Waals surface area contributed by atoms with Gasteiger partial charge in [-0.25, -0.2) is 4.79 Å². The number of imide groups is 1. The fourth-order valence-electron chi connectivity index (χ4n) is 4.35. The Bertz CT molecular complexity index is 1210. The molecule has 172 valence electrons. The lowest BCUT2D eigenvalue weighted by atomic mass is 9.90. The lowest BCUT2D eigenvalue weighted by Gasteiger charge is -2.22. The van der Waals surface area contributed by atoms with Gasteiger partial charge in [0.25, 0.3) is 5.91 Å². The summed E-state index contributed by atoms with van der Waals surface area (Å²) in [7, 11) is 0. The third-order valence-corrected chi connectivity index (χ3v) is 7.36. The van der Waals surface area contributed by atoms with Crippen LogP contribution in [0.25, 0.3) is 0 Å². The number of hydrogen-bond donors (Lipinski definition) is 1. The first-order valence-corrected chi connectivity index (χ1v) is 12.0. The molecule has 3 heterocycles. The Morgan fingerprint density at radius 1 is 1.12 bits per heavy atom. The maximum Gasteiger partial charge on any atom is 0.325 e. The number of benzene rings is 1. The van der Waals surface area contributed by atoms with Crippen molar-refractivity contribution in [1.29, 1.82) is 0 Å². The lowest BCUT2D eigenvalue weighted by Crippen LogP contribution is -2.41. The number of rotatable bonds is 7. The zero-order valence-electron chi connectivity index (χ0n) is 19.6. The Labute approximate surface area is 198 Å². The van der Waals surface area contributed by atoms with E-state index in [0.29, 0.717) is 23.6 Å². The molecule has 1 aromatic carbocycles. The number of hydrogen-bond acceptors (Lipinski definition) is 4. The lowest BCUT2D eigenvalue weighted by molar-refractivity contribution is -0.130. The summed E-state index contributed by atoms with van der Waals surface area (Å²) in [6.45, 7) is 10.2. The average molecular weight is 464 g/mol. The molecule has 1 N–H and O–H groups in total. The third kappa shape index (κ3) is 4.13. The summed E-state index contributed by atoms with van der Waals surface area (Å²) >= 11 is 1.67. The van der Waals surface area contributed by atoms with Crippen molar-refractivity contribution in [3.63, 3.8) is 0 Å². The Hall–Kier alpha value is -3.19. The number of thiophene rings is 1. The monoisotopic (exact) mass is 463 g/mol. The molecule has 0 saturated carbocycles. The van der Waals surface area contributed by atoms with Crippen molar-refractivity contribution in [2.24, 2.45) is 0 Å². The molecule has 1 unspecified atom stereocenters. The molecule has 1 aliphatic heterocycles. The molecular formula is C26H29N3O3S. The standard InChI is InChI=1S/C26H29N3O3S/c1-16(2)19-8-10-20(11-9-19)26(5)24(31)29(25(32)27-26)15-23(30)22-13-17(3)28(18(22)4)14-21-7-6-12-33-21/h6-13,16H,14-15H2,1-5H3,(H,27,32). The van der Waals surface area contributed by atoms with Gasteiger partial charge < -0.3 is 9.88 Å². The first kappa shape index (κ1) is 23.0. The molecule has 1 atom stereocenters. The molecule has 7 heteroatoms. The van der Waals surface area contributed by atoms with Crippen LogP contribution in [0.3, 0.4) is 0 Å². The van der Waals surface area contributed by atoms with Gasteiger partial charge in [-0.2, -0.15) is 0 Å². The molecule has 1 aliphatic rings. The number of nitrogens with one attached hydrogen (secondary N) is 1. The fraction of sp³-hybridized carbons (Fsp3) is 0.346. The second-order valence-corrected chi connectivity index (χ2v) is 10.1. The van der Waals surface area contributed by atoms with Crippen molar-refractivity contribution in [1.82, 2.24) is 14.8 Å². The first-order valence-electron chi connectivity index (χ1n) is 11.1. The highest BCUT2D eigenvalue weighted by molar-refractivity contribution is 7.09. The predicted octanol–water partition coefficient (Wildman–Crippen LogP) is 4.99. The zero-order valence-corrected chi connectivity index (χ0v) is 20.5. The van der Waals surface area contributed by atoms with Crippen LogP contribution in [0.5, 0.6) is 0 Å². The van der Waals surface area contributed by atoms with Gasteiger partial charge in [0.2, 0.25) is 0 Å². The molecule has 1 saturated heterocycles. The van der Waals surface area contributed by atoms with Gasteiger partial charge in [-0.1, -0.05) is 44.2 Å². The van der Waals surface area contributed by atoms with E-state index in [0.717, 1.165) is 21.9 Å². The summed E-state index contributed by atoms with van der Waals surface area (Å²) in [5, 5.41) is 4.82. The Morgan fingerprint density at radius 3 is 2.42 bits per heavy atom. The Balaban J connectivity index is 1.54. The largest absolute Gasteiger partial charge is 0.343 e. The van der Waals surface area contributed by atoms with Gasteiger partial charge in [-0.05, 0) is 55.3 Å². The van der Waals surface area contributed by atoms with Crippen molar-refractivity contribution < 1.29 is 14.4 Å². The van der Waals surface area contributed by atoms with E-state index < -0.39 is 17.5 Å². The first-order chi connectivity index (χ1) is 15.6. The maximum atomic E-state index is 13.3. The van der Waals surface area contributed by atoms with E-state index in [4.69, 9.17) is 0 Å². The number of ketones is 1. The molecule has 0 spiro atoms. The number of urea groups is 1. The van der Waals surface area contributed by atoms with E-state index in [1.807, 2.05) is 55.6 Å². The Kier molecular flexibility index (Phi) is 6.01. The maximum absolute atomic E-state index is 13.3. The van der Waals surface area contributed by atoms with Gasteiger partial charge in [0.05, 0.1) is 13.1 Å². The molecule has 3 amide bonds. The topological polar surface area (TPSA) is 71.4 Å². The van der Waals surface area contributed by atoms with E-state index in [1.54, 1.807) is 18.3 Å². The summed E-state index contributed by atoms with van der Waals surface area (Å²) in [4.78, 5) is 41.4. The SMILES string of the molecule is Cc1cc(C(=O)CN2C(=O)NC(C)(c3ccc(C(C)C)cc3)C2=O)c(C)n1Cc1cccs1. The number of aromatic nitrogens is 1. The summed E-state index contributed by atoms with van der Waals surface area (Å²) in [6, 6.07) is 13.1. The smallest absolute Gasteiger partial charge is 0.325 e. The van der Waals surface area contributed by atoms with Gasteiger partial charge in [-0.15, -0.1) is 11.3 Å². The van der Waals surface area contributed by atoms with Gasteiger partial charge in [0.1, 0.15) is 5.54 Å². The minimum atomic E-state index is -1.19. The van der Waals surface area contributed by atoms with Gasteiger partial charge in [0.15, 0.2) is 5.78 Å². The van der Waals surface area contributed by atoms with Gasteiger partial charge >= 0.3 is 6.03 Å². The van der Waals surface area contributed by atoms with Crippen LogP contribution in [0, 0.1) is 13.8 Å². The zero-order chi connectivity index (χ0) is 23.9. The fourth-order valence-corrected chi connectivity index (χ4v) is 5.04. The molecular weight excluding hydrogens is 434 g/mol. The minimum Gasteiger partial charge on any atom is -0.343 e. The minimum absolute atomic E-state index is 0.247. The highest BCUT2D eigenvalue weighted by Gasteiger charge is 2.49. The molecule has 33 heavy (non-hydrogen) atoms. The van der Waals surface area contributed by atoms with Crippen LogP contribution in [0.4, 0.5) is 4.79 Å². The molecule has 2 aromatic heterocycles. The van der Waals surface area contributed by atoms with Crippen LogP contribution in [0.1, 0.15) is 64.4 Å². The van der Waals surface area contributed by atoms with Crippen molar-refractivity contribution in [3.05, 3.63) is 80.8 Å². The van der Waals surface area contributed by atoms with Crippen molar-refractivity contribution in [3.8, 4) is 0 Å². The molecule has 1 fully saturated rings. The number of aryl methyl sites for hydroxylation is 1. The van der Waals surface area contributed by atoms with Gasteiger partial charge in [-0.3, -0.25) is 14.5 Å². The molecule has 6 nitrogen and oxygen atoms in total. The van der Waals surface area contributed by atoms with E-state index >= 15 is 0 Å². The van der Waals surface area contributed by atoms with Crippen LogP contribution in [0.15, 0.2) is 47.8 Å². The van der Waals surface area contributed by atoms with Crippen LogP contribution in [0.2, 0.25) is 0 Å². The summed E-state index contributed by atoms with van der Waals surface area (Å²) in [6.07, 6.45) is 0. The highest BCUT2D eigenvalue weighted by Crippen LogP contribution is 2.30. The van der Waals surface area contributed by atoms with Crippen LogP contribution < -0.4 is 5.32 Å². The summed E-state index contributed by atoms with van der Waals surface area (Å²) < 4.78 is 2.09. The number of carbonyl (C=O) groups excluding carboxylic acids is 3. The molecule has 0 radical (unpaired) electrons. The van der Waals surface area contributed by atoms with E-state index in [-0.39, 0.29) is 12.3 Å². The van der Waals surface area contributed by atoms with Crippen molar-refractivity contribution in [2.75, 3.05) is 6.54 Å². The highest BCUT2D eigenvalue weighted by atomic mass is 32.1. The third-order valence-electron chi connectivity index (χ3n) is 6.50. The molecule has 4 rings (SSSR count). The molecule has 0 aliphatic carbocycles. The number of nitrogens with zero attached hydrogens (tertiary/aromatic N) is 2. The predicted molar refractivity (Wildman–Crippen MR) is 130 cm³/mol. The van der Waals surface area contributed by atoms with Gasteiger partial charge in [0, 0.05) is 21.8 Å². The molecule has 0 bridgehead atoms. The van der Waals surface area contributed by atoms with E-state index in [1.165, 1.54) is 4.88 Å². The number of amides is 3. The van der Waals surface area contributed by atoms with Crippen LogP contribution in [-0.4, -0.2) is 33.7 Å². The average Bonchev–Trinajstić information content (AvgIpc) is 3.45. The number of Topliss-reactive ketones (excluding diaryl/α,β-unsaturated/α-hetero) is 1. The van der Waals surface area contributed by atoms with Crippen LogP contribution >= 0.6 is 11.3 Å². The second kappa shape index (κ2) is 8.63. The van der Waals surface area contributed by atoms with Crippen LogP contribution in [-0.2, 0) is 16.9 Å².